The van der Waals surface area contributed by atoms with Crippen molar-refractivity contribution >= 4 is 5.91 Å². The third kappa shape index (κ3) is 4.33. The molecule has 0 unspecified atom stereocenters. The van der Waals surface area contributed by atoms with Gasteiger partial charge in [-0.05, 0) is 36.5 Å². The van der Waals surface area contributed by atoms with Gasteiger partial charge in [-0.3, -0.25) is 4.79 Å². The molecule has 0 aliphatic heterocycles. The number of amides is 1. The van der Waals surface area contributed by atoms with Crippen molar-refractivity contribution in [2.45, 2.75) is 19.4 Å². The van der Waals surface area contributed by atoms with Crippen LogP contribution >= 0.6 is 0 Å². The summed E-state index contributed by atoms with van der Waals surface area (Å²) in [6, 6.07) is 7.44. The maximum absolute atomic E-state index is 12.1. The fraction of sp³-hybridized carbons (Fsp3) is 0.533. The number of hydrogen-bond donors (Lipinski definition) is 1. The van der Waals surface area contributed by atoms with Crippen LogP contribution in [0.1, 0.15) is 28.8 Å². The Morgan fingerprint density at radius 1 is 1.37 bits per heavy atom. The number of benzene rings is 1. The lowest BCUT2D eigenvalue weighted by Gasteiger charge is -2.17. The lowest BCUT2D eigenvalue weighted by atomic mass is 10.1. The van der Waals surface area contributed by atoms with Crippen molar-refractivity contribution in [2.24, 2.45) is 11.7 Å². The van der Waals surface area contributed by atoms with Gasteiger partial charge in [-0.2, -0.15) is 0 Å². The number of likely N-dealkylation sites (N-methyl/N-ethyl adjacent to an activating group) is 1. The van der Waals surface area contributed by atoms with Crippen LogP contribution in [0, 0.1) is 5.92 Å². The van der Waals surface area contributed by atoms with Gasteiger partial charge in [0.2, 0.25) is 0 Å². The maximum Gasteiger partial charge on any atom is 0.253 e. The minimum absolute atomic E-state index is 0.0265. The second-order valence-electron chi connectivity index (χ2n) is 5.15. The molecule has 1 aliphatic carbocycles. The van der Waals surface area contributed by atoms with Gasteiger partial charge in [-0.15, -0.1) is 0 Å². The first-order valence-corrected chi connectivity index (χ1v) is 6.83. The van der Waals surface area contributed by atoms with E-state index in [0.29, 0.717) is 25.3 Å². The SMILES string of the molecule is CN(CCOCC1CC1)C(=O)c1ccc(CN)cc1. The Labute approximate surface area is 114 Å². The summed E-state index contributed by atoms with van der Waals surface area (Å²) >= 11 is 0. The van der Waals surface area contributed by atoms with Crippen molar-refractivity contribution in [1.29, 1.82) is 0 Å². The molecule has 0 aromatic heterocycles. The van der Waals surface area contributed by atoms with E-state index >= 15 is 0 Å². The van der Waals surface area contributed by atoms with E-state index in [4.69, 9.17) is 10.5 Å². The molecule has 4 nitrogen and oxygen atoms in total. The van der Waals surface area contributed by atoms with Gasteiger partial charge in [0.25, 0.3) is 5.91 Å². The fourth-order valence-electron chi connectivity index (χ4n) is 1.84. The molecule has 104 valence electrons. The van der Waals surface area contributed by atoms with Crippen LogP contribution in [-0.2, 0) is 11.3 Å². The Kier molecular flexibility index (Phi) is 4.93. The summed E-state index contributed by atoms with van der Waals surface area (Å²) in [6.07, 6.45) is 2.59. The lowest BCUT2D eigenvalue weighted by molar-refractivity contribution is 0.0681. The number of nitrogens with zero attached hydrogens (tertiary/aromatic N) is 1. The van der Waals surface area contributed by atoms with Gasteiger partial charge in [0, 0.05) is 32.3 Å². The molecule has 1 aromatic carbocycles. The summed E-state index contributed by atoms with van der Waals surface area (Å²) in [4.78, 5) is 13.8. The molecule has 1 amide bonds. The highest BCUT2D eigenvalue weighted by atomic mass is 16.5. The summed E-state index contributed by atoms with van der Waals surface area (Å²) < 4.78 is 5.54. The largest absolute Gasteiger partial charge is 0.379 e. The molecule has 1 fully saturated rings. The summed E-state index contributed by atoms with van der Waals surface area (Å²) in [5.41, 5.74) is 7.26. The van der Waals surface area contributed by atoms with Crippen LogP contribution in [0.3, 0.4) is 0 Å². The first kappa shape index (κ1) is 14.0. The van der Waals surface area contributed by atoms with E-state index in [9.17, 15) is 4.79 Å². The van der Waals surface area contributed by atoms with Crippen molar-refractivity contribution in [2.75, 3.05) is 26.8 Å². The van der Waals surface area contributed by atoms with Gasteiger partial charge in [-0.1, -0.05) is 12.1 Å². The Hall–Kier alpha value is -1.39. The van der Waals surface area contributed by atoms with Gasteiger partial charge in [0.15, 0.2) is 0 Å². The second-order valence-corrected chi connectivity index (χ2v) is 5.15. The van der Waals surface area contributed by atoms with E-state index in [-0.39, 0.29) is 5.91 Å². The first-order valence-electron chi connectivity index (χ1n) is 6.83. The molecule has 1 saturated carbocycles. The predicted octanol–water partition coefficient (Wildman–Crippen LogP) is 1.64. The zero-order chi connectivity index (χ0) is 13.7. The molecule has 19 heavy (non-hydrogen) atoms. The van der Waals surface area contributed by atoms with Crippen LogP contribution in [-0.4, -0.2) is 37.6 Å². The number of carbonyl (C=O) groups excluding carboxylic acids is 1. The highest BCUT2D eigenvalue weighted by Gasteiger charge is 2.21. The van der Waals surface area contributed by atoms with Crippen molar-refractivity contribution < 1.29 is 9.53 Å². The molecule has 0 saturated heterocycles. The maximum atomic E-state index is 12.1. The van der Waals surface area contributed by atoms with E-state index in [1.54, 1.807) is 11.9 Å². The Bertz CT molecular complexity index is 413. The van der Waals surface area contributed by atoms with Crippen LogP contribution < -0.4 is 5.73 Å². The van der Waals surface area contributed by atoms with Crippen molar-refractivity contribution in [3.63, 3.8) is 0 Å². The van der Waals surface area contributed by atoms with Crippen molar-refractivity contribution in [1.82, 2.24) is 4.90 Å². The zero-order valence-electron chi connectivity index (χ0n) is 11.5. The molecule has 1 aliphatic rings. The topological polar surface area (TPSA) is 55.6 Å². The number of ether oxygens (including phenoxy) is 1. The number of nitrogens with two attached hydrogens (primary N) is 1. The fourth-order valence-corrected chi connectivity index (χ4v) is 1.84. The highest BCUT2D eigenvalue weighted by molar-refractivity contribution is 5.94. The standard InChI is InChI=1S/C15H22N2O2/c1-17(8-9-19-11-13-2-3-13)15(18)14-6-4-12(10-16)5-7-14/h4-7,13H,2-3,8-11,16H2,1H3. The molecule has 2 N–H and O–H groups in total. The molecule has 2 rings (SSSR count). The Morgan fingerprint density at radius 3 is 2.63 bits per heavy atom. The van der Waals surface area contributed by atoms with Gasteiger partial charge in [0.1, 0.15) is 0 Å². The van der Waals surface area contributed by atoms with E-state index < -0.39 is 0 Å². The molecule has 4 heteroatoms. The first-order chi connectivity index (χ1) is 9.20. The monoisotopic (exact) mass is 262 g/mol. The van der Waals surface area contributed by atoms with Gasteiger partial charge >= 0.3 is 0 Å². The van der Waals surface area contributed by atoms with Crippen LogP contribution in [0.4, 0.5) is 0 Å². The molecule has 0 radical (unpaired) electrons. The van der Waals surface area contributed by atoms with E-state index in [1.165, 1.54) is 12.8 Å². The lowest BCUT2D eigenvalue weighted by Crippen LogP contribution is -2.30. The second kappa shape index (κ2) is 6.68. The summed E-state index contributed by atoms with van der Waals surface area (Å²) in [6.45, 7) is 2.58. The highest BCUT2D eigenvalue weighted by Crippen LogP contribution is 2.28. The number of carbonyl (C=O) groups is 1. The van der Waals surface area contributed by atoms with Crippen LogP contribution in [0.5, 0.6) is 0 Å². The van der Waals surface area contributed by atoms with Crippen molar-refractivity contribution in [3.05, 3.63) is 35.4 Å². The van der Waals surface area contributed by atoms with Crippen LogP contribution in [0.2, 0.25) is 0 Å². The molecule has 0 bridgehead atoms. The molecular formula is C15H22N2O2. The molecule has 0 atom stereocenters. The minimum atomic E-state index is 0.0265. The van der Waals surface area contributed by atoms with Gasteiger partial charge < -0.3 is 15.4 Å². The van der Waals surface area contributed by atoms with E-state index in [1.807, 2.05) is 24.3 Å². The number of hydrogen-bond acceptors (Lipinski definition) is 3. The van der Waals surface area contributed by atoms with Gasteiger partial charge in [-0.25, -0.2) is 0 Å². The summed E-state index contributed by atoms with van der Waals surface area (Å²) in [7, 11) is 1.81. The quantitative estimate of drug-likeness (QED) is 0.760. The minimum Gasteiger partial charge on any atom is -0.379 e. The van der Waals surface area contributed by atoms with Crippen molar-refractivity contribution in [3.8, 4) is 0 Å². The summed E-state index contributed by atoms with van der Waals surface area (Å²) in [5.74, 6) is 0.795. The number of rotatable bonds is 7. The average Bonchev–Trinajstić information content (AvgIpc) is 3.27. The zero-order valence-corrected chi connectivity index (χ0v) is 11.5. The Balaban J connectivity index is 1.76. The van der Waals surface area contributed by atoms with Crippen LogP contribution in [0.15, 0.2) is 24.3 Å². The normalized spacial score (nSPS) is 14.4. The predicted molar refractivity (Wildman–Crippen MR) is 74.8 cm³/mol. The molecule has 0 heterocycles. The average molecular weight is 262 g/mol. The molecular weight excluding hydrogens is 240 g/mol. The van der Waals surface area contributed by atoms with E-state index in [2.05, 4.69) is 0 Å². The smallest absolute Gasteiger partial charge is 0.253 e. The molecule has 1 aromatic rings. The van der Waals surface area contributed by atoms with Gasteiger partial charge in [0.05, 0.1) is 6.61 Å². The van der Waals surface area contributed by atoms with Crippen LogP contribution in [0.25, 0.3) is 0 Å². The van der Waals surface area contributed by atoms with E-state index in [0.717, 1.165) is 18.1 Å². The Morgan fingerprint density at radius 2 is 2.05 bits per heavy atom. The summed E-state index contributed by atoms with van der Waals surface area (Å²) in [5, 5.41) is 0. The third-order valence-corrected chi connectivity index (χ3v) is 3.40. The third-order valence-electron chi connectivity index (χ3n) is 3.40. The molecule has 0 spiro atoms.